The number of piperidine rings is 1. The first kappa shape index (κ1) is 17.3. The quantitative estimate of drug-likeness (QED) is 0.830. The van der Waals surface area contributed by atoms with E-state index in [0.29, 0.717) is 12.5 Å². The van der Waals surface area contributed by atoms with Gasteiger partial charge in [-0.25, -0.2) is 0 Å². The van der Waals surface area contributed by atoms with E-state index in [2.05, 4.69) is 25.7 Å². The minimum Gasteiger partial charge on any atom is -0.493 e. The van der Waals surface area contributed by atoms with Crippen molar-refractivity contribution in [2.45, 2.75) is 46.1 Å². The largest absolute Gasteiger partial charge is 0.493 e. The van der Waals surface area contributed by atoms with Crippen molar-refractivity contribution in [2.24, 2.45) is 11.8 Å². The Labute approximate surface area is 135 Å². The van der Waals surface area contributed by atoms with E-state index in [0.717, 1.165) is 36.7 Å². The molecule has 0 amide bonds. The summed E-state index contributed by atoms with van der Waals surface area (Å²) in [6, 6.07) is 7.89. The van der Waals surface area contributed by atoms with Gasteiger partial charge in [-0.1, -0.05) is 39.0 Å². The fourth-order valence-corrected chi connectivity index (χ4v) is 3.09. The van der Waals surface area contributed by atoms with E-state index in [1.54, 1.807) is 0 Å². The van der Waals surface area contributed by atoms with Crippen molar-refractivity contribution in [2.75, 3.05) is 26.2 Å². The molecule has 1 aliphatic heterocycles. The maximum atomic E-state index is 10.6. The Balaban J connectivity index is 1.89. The summed E-state index contributed by atoms with van der Waals surface area (Å²) in [7, 11) is 0. The van der Waals surface area contributed by atoms with Crippen molar-refractivity contribution >= 4 is 0 Å². The second kappa shape index (κ2) is 8.54. The van der Waals surface area contributed by atoms with Crippen LogP contribution in [0.15, 0.2) is 24.3 Å². The number of aliphatic hydroxyl groups excluding tert-OH is 1. The molecule has 1 aliphatic rings. The van der Waals surface area contributed by atoms with Crippen LogP contribution in [0.3, 0.4) is 0 Å². The van der Waals surface area contributed by atoms with Crippen LogP contribution in [0.2, 0.25) is 0 Å². The van der Waals surface area contributed by atoms with E-state index in [9.17, 15) is 5.11 Å². The molecule has 1 N–H and O–H groups in total. The summed E-state index contributed by atoms with van der Waals surface area (Å²) in [4.78, 5) is 2.48. The molecule has 0 bridgehead atoms. The third-order valence-electron chi connectivity index (χ3n) is 4.31. The highest BCUT2D eigenvalue weighted by molar-refractivity contribution is 5.35. The molecule has 0 spiro atoms. The zero-order chi connectivity index (χ0) is 15.9. The Morgan fingerprint density at radius 3 is 2.82 bits per heavy atom. The molecule has 3 heteroatoms. The van der Waals surface area contributed by atoms with Gasteiger partial charge in [-0.05, 0) is 43.7 Å². The van der Waals surface area contributed by atoms with Gasteiger partial charge < -0.3 is 14.7 Å². The van der Waals surface area contributed by atoms with E-state index < -0.39 is 6.10 Å². The smallest absolute Gasteiger partial charge is 0.125 e. The lowest BCUT2D eigenvalue weighted by molar-refractivity contribution is 0.118. The lowest BCUT2D eigenvalue weighted by Crippen LogP contribution is -2.35. The minimum absolute atomic E-state index is 0.444. The first-order chi connectivity index (χ1) is 10.6. The molecule has 0 radical (unpaired) electrons. The van der Waals surface area contributed by atoms with Crippen LogP contribution < -0.4 is 4.74 Å². The average molecular weight is 305 g/mol. The van der Waals surface area contributed by atoms with Gasteiger partial charge in [0, 0.05) is 18.7 Å². The van der Waals surface area contributed by atoms with E-state index in [4.69, 9.17) is 4.74 Å². The molecular weight excluding hydrogens is 274 g/mol. The topological polar surface area (TPSA) is 32.7 Å². The summed E-state index contributed by atoms with van der Waals surface area (Å²) in [5.41, 5.74) is 0.924. The molecule has 0 aromatic heterocycles. The number of nitrogens with zero attached hydrogens (tertiary/aromatic N) is 1. The van der Waals surface area contributed by atoms with Crippen molar-refractivity contribution in [3.05, 3.63) is 29.8 Å². The first-order valence-corrected chi connectivity index (χ1v) is 8.68. The van der Waals surface area contributed by atoms with Gasteiger partial charge in [0.15, 0.2) is 0 Å². The van der Waals surface area contributed by atoms with Crippen molar-refractivity contribution in [3.8, 4) is 5.75 Å². The lowest BCUT2D eigenvalue weighted by atomic mass is 9.99. The van der Waals surface area contributed by atoms with Crippen molar-refractivity contribution < 1.29 is 9.84 Å². The average Bonchev–Trinajstić information content (AvgIpc) is 2.51. The molecule has 1 aromatic carbocycles. The molecule has 0 saturated carbocycles. The summed E-state index contributed by atoms with van der Waals surface area (Å²) in [6.07, 6.45) is 2.95. The standard InChI is InChI=1S/C19H31NO2/c1-15(2)14-22-19-9-5-4-8-17(19)18(21)10-12-20-11-6-7-16(3)13-20/h4-5,8-9,15-16,18,21H,6-7,10-14H2,1-3H3. The summed E-state index contributed by atoms with van der Waals surface area (Å²) in [5, 5.41) is 10.6. The molecule has 3 nitrogen and oxygen atoms in total. The van der Waals surface area contributed by atoms with Gasteiger partial charge in [-0.15, -0.1) is 0 Å². The molecule has 1 aromatic rings. The summed E-state index contributed by atoms with van der Waals surface area (Å²) in [5.74, 6) is 2.10. The highest BCUT2D eigenvalue weighted by Gasteiger charge is 2.19. The number of ether oxygens (including phenoxy) is 1. The maximum Gasteiger partial charge on any atom is 0.125 e. The van der Waals surface area contributed by atoms with Gasteiger partial charge in [-0.3, -0.25) is 0 Å². The fourth-order valence-electron chi connectivity index (χ4n) is 3.09. The van der Waals surface area contributed by atoms with Crippen LogP contribution in [0.4, 0.5) is 0 Å². The zero-order valence-electron chi connectivity index (χ0n) is 14.3. The third-order valence-corrected chi connectivity index (χ3v) is 4.31. The molecule has 1 heterocycles. The van der Waals surface area contributed by atoms with Crippen molar-refractivity contribution in [3.63, 3.8) is 0 Å². The van der Waals surface area contributed by atoms with E-state index in [-0.39, 0.29) is 0 Å². The molecule has 22 heavy (non-hydrogen) atoms. The van der Waals surface area contributed by atoms with Crippen LogP contribution >= 0.6 is 0 Å². The first-order valence-electron chi connectivity index (χ1n) is 8.68. The molecule has 1 saturated heterocycles. The Kier molecular flexibility index (Phi) is 6.71. The Morgan fingerprint density at radius 1 is 1.32 bits per heavy atom. The van der Waals surface area contributed by atoms with Gasteiger partial charge in [-0.2, -0.15) is 0 Å². The second-order valence-corrected chi connectivity index (χ2v) is 7.10. The normalized spacial score (nSPS) is 21.0. The highest BCUT2D eigenvalue weighted by Crippen LogP contribution is 2.28. The number of hydrogen-bond acceptors (Lipinski definition) is 3. The number of benzene rings is 1. The van der Waals surface area contributed by atoms with Crippen LogP contribution in [-0.2, 0) is 0 Å². The van der Waals surface area contributed by atoms with Gasteiger partial charge >= 0.3 is 0 Å². The summed E-state index contributed by atoms with van der Waals surface area (Å²) in [6.45, 7) is 10.6. The van der Waals surface area contributed by atoms with Crippen LogP contribution in [0.1, 0.15) is 51.7 Å². The number of hydrogen-bond donors (Lipinski definition) is 1. The number of rotatable bonds is 7. The molecule has 2 rings (SSSR count). The van der Waals surface area contributed by atoms with Gasteiger partial charge in [0.25, 0.3) is 0 Å². The predicted octanol–water partition coefficient (Wildman–Crippen LogP) is 3.88. The Hall–Kier alpha value is -1.06. The van der Waals surface area contributed by atoms with Gasteiger partial charge in [0.1, 0.15) is 5.75 Å². The zero-order valence-corrected chi connectivity index (χ0v) is 14.3. The minimum atomic E-state index is -0.444. The number of likely N-dealkylation sites (tertiary alicyclic amines) is 1. The van der Waals surface area contributed by atoms with Crippen molar-refractivity contribution in [1.29, 1.82) is 0 Å². The summed E-state index contributed by atoms with van der Waals surface area (Å²) < 4.78 is 5.85. The van der Waals surface area contributed by atoms with Crippen LogP contribution in [0.5, 0.6) is 5.75 Å². The molecule has 124 valence electrons. The van der Waals surface area contributed by atoms with Gasteiger partial charge in [0.2, 0.25) is 0 Å². The van der Waals surface area contributed by atoms with Crippen LogP contribution in [-0.4, -0.2) is 36.2 Å². The summed E-state index contributed by atoms with van der Waals surface area (Å²) >= 11 is 0. The molecule has 2 unspecified atom stereocenters. The predicted molar refractivity (Wildman–Crippen MR) is 91.2 cm³/mol. The fraction of sp³-hybridized carbons (Fsp3) is 0.684. The van der Waals surface area contributed by atoms with Crippen molar-refractivity contribution in [1.82, 2.24) is 4.90 Å². The van der Waals surface area contributed by atoms with Gasteiger partial charge in [0.05, 0.1) is 12.7 Å². The molecular formula is C19H31NO2. The number of para-hydroxylation sites is 1. The van der Waals surface area contributed by atoms with Crippen LogP contribution in [0, 0.1) is 11.8 Å². The van der Waals surface area contributed by atoms with E-state index in [1.165, 1.54) is 19.4 Å². The molecule has 1 fully saturated rings. The maximum absolute atomic E-state index is 10.6. The second-order valence-electron chi connectivity index (χ2n) is 7.10. The highest BCUT2D eigenvalue weighted by atomic mass is 16.5. The van der Waals surface area contributed by atoms with Crippen LogP contribution in [0.25, 0.3) is 0 Å². The Bertz CT molecular complexity index is 447. The lowest BCUT2D eigenvalue weighted by Gasteiger charge is -2.31. The van der Waals surface area contributed by atoms with E-state index in [1.807, 2.05) is 24.3 Å². The number of aliphatic hydroxyl groups is 1. The monoisotopic (exact) mass is 305 g/mol. The Morgan fingerprint density at radius 2 is 2.09 bits per heavy atom. The molecule has 2 atom stereocenters. The third kappa shape index (κ3) is 5.29. The molecule has 0 aliphatic carbocycles. The SMILES string of the molecule is CC(C)COc1ccccc1C(O)CCN1CCCC(C)C1. The van der Waals surface area contributed by atoms with E-state index >= 15 is 0 Å².